The highest BCUT2D eigenvalue weighted by Crippen LogP contribution is 2.24. The molecule has 2 atom stereocenters. The summed E-state index contributed by atoms with van der Waals surface area (Å²) >= 11 is 0. The molecule has 6 nitrogen and oxygen atoms in total. The summed E-state index contributed by atoms with van der Waals surface area (Å²) in [6, 6.07) is 4.43. The minimum atomic E-state index is -0.317. The molecule has 102 valence electrons. The van der Waals surface area contributed by atoms with E-state index < -0.39 is 0 Å². The van der Waals surface area contributed by atoms with Crippen LogP contribution in [0.15, 0.2) is 23.0 Å². The molecule has 1 aromatic rings. The molecule has 1 aliphatic rings. The number of rotatable bonds is 2. The number of aromatic nitrogens is 1. The highest BCUT2D eigenvalue weighted by molar-refractivity contribution is 5.93. The van der Waals surface area contributed by atoms with Gasteiger partial charge in [-0.05, 0) is 12.0 Å². The monoisotopic (exact) mass is 264 g/mol. The van der Waals surface area contributed by atoms with Crippen molar-refractivity contribution in [1.82, 2.24) is 9.88 Å². The van der Waals surface area contributed by atoms with Gasteiger partial charge in [-0.1, -0.05) is 13.0 Å². The van der Waals surface area contributed by atoms with Gasteiger partial charge in [0.1, 0.15) is 5.69 Å². The molecule has 1 N–H and O–H groups in total. The van der Waals surface area contributed by atoms with Gasteiger partial charge in [0.15, 0.2) is 0 Å². The maximum Gasteiger partial charge on any atom is 0.310 e. The first kappa shape index (κ1) is 13.3. The number of H-pyrrole nitrogens is 1. The van der Waals surface area contributed by atoms with E-state index in [-0.39, 0.29) is 35.0 Å². The molecule has 0 aliphatic carbocycles. The molecule has 1 fully saturated rings. The molecular formula is C13H16N2O4. The number of pyridine rings is 1. The summed E-state index contributed by atoms with van der Waals surface area (Å²) in [5.74, 6) is -0.823. The maximum absolute atomic E-state index is 12.2. The van der Waals surface area contributed by atoms with Crippen molar-refractivity contribution >= 4 is 11.9 Å². The number of likely N-dealkylation sites (tertiary alicyclic amines) is 1. The van der Waals surface area contributed by atoms with Gasteiger partial charge in [0.2, 0.25) is 5.56 Å². The molecule has 2 rings (SSSR count). The van der Waals surface area contributed by atoms with E-state index in [0.29, 0.717) is 13.1 Å². The van der Waals surface area contributed by atoms with E-state index in [1.807, 2.05) is 6.92 Å². The number of esters is 1. The summed E-state index contributed by atoms with van der Waals surface area (Å²) in [7, 11) is 1.34. The number of ether oxygens (including phenoxy) is 1. The van der Waals surface area contributed by atoms with Crippen molar-refractivity contribution in [3.05, 3.63) is 34.2 Å². The van der Waals surface area contributed by atoms with Crippen molar-refractivity contribution < 1.29 is 14.3 Å². The molecule has 2 unspecified atom stereocenters. The molecule has 0 saturated carbocycles. The third-order valence-electron chi connectivity index (χ3n) is 3.40. The van der Waals surface area contributed by atoms with Crippen LogP contribution in [0.4, 0.5) is 0 Å². The molecule has 2 heterocycles. The Bertz CT molecular complexity index is 552. The molecule has 1 saturated heterocycles. The Morgan fingerprint density at radius 1 is 1.37 bits per heavy atom. The summed E-state index contributed by atoms with van der Waals surface area (Å²) in [6.45, 7) is 2.71. The van der Waals surface area contributed by atoms with Crippen LogP contribution in [0.25, 0.3) is 0 Å². The van der Waals surface area contributed by atoms with Gasteiger partial charge in [0, 0.05) is 19.2 Å². The van der Waals surface area contributed by atoms with Gasteiger partial charge >= 0.3 is 5.97 Å². The molecule has 1 aliphatic heterocycles. The molecule has 1 aromatic heterocycles. The van der Waals surface area contributed by atoms with Crippen LogP contribution < -0.4 is 5.56 Å². The summed E-state index contributed by atoms with van der Waals surface area (Å²) in [5, 5.41) is 0. The van der Waals surface area contributed by atoms with Gasteiger partial charge in [0.05, 0.1) is 13.0 Å². The average Bonchev–Trinajstić information content (AvgIpc) is 2.79. The SMILES string of the molecule is COC(=O)C1CN(C(=O)c2cccc(=O)[nH]2)CC1C. The second-order valence-electron chi connectivity index (χ2n) is 4.75. The van der Waals surface area contributed by atoms with Crippen LogP contribution in [-0.2, 0) is 9.53 Å². The largest absolute Gasteiger partial charge is 0.469 e. The summed E-state index contributed by atoms with van der Waals surface area (Å²) in [5.41, 5.74) is -0.0761. The zero-order valence-electron chi connectivity index (χ0n) is 10.9. The first-order valence-electron chi connectivity index (χ1n) is 6.09. The van der Waals surface area contributed by atoms with Crippen LogP contribution in [0, 0.1) is 11.8 Å². The van der Waals surface area contributed by atoms with Crippen molar-refractivity contribution in [3.8, 4) is 0 Å². The second kappa shape index (κ2) is 5.26. The zero-order chi connectivity index (χ0) is 14.0. The predicted octanol–water partition coefficient (Wildman–Crippen LogP) is 0.256. The molecule has 0 bridgehead atoms. The fraction of sp³-hybridized carbons (Fsp3) is 0.462. The van der Waals surface area contributed by atoms with Gasteiger partial charge < -0.3 is 14.6 Å². The predicted molar refractivity (Wildman–Crippen MR) is 67.6 cm³/mol. The van der Waals surface area contributed by atoms with Crippen LogP contribution in [0.2, 0.25) is 0 Å². The summed E-state index contributed by atoms with van der Waals surface area (Å²) in [6.07, 6.45) is 0. The smallest absolute Gasteiger partial charge is 0.310 e. The fourth-order valence-electron chi connectivity index (χ4n) is 2.33. The number of carbonyl (C=O) groups excluding carboxylic acids is 2. The van der Waals surface area contributed by atoms with Gasteiger partial charge in [-0.25, -0.2) is 0 Å². The van der Waals surface area contributed by atoms with Crippen LogP contribution >= 0.6 is 0 Å². The Morgan fingerprint density at radius 3 is 2.74 bits per heavy atom. The number of nitrogens with zero attached hydrogens (tertiary/aromatic N) is 1. The van der Waals surface area contributed by atoms with E-state index in [4.69, 9.17) is 4.74 Å². The Labute approximate surface area is 110 Å². The molecule has 0 radical (unpaired) electrons. The first-order chi connectivity index (χ1) is 9.02. The number of hydrogen-bond donors (Lipinski definition) is 1. The summed E-state index contributed by atoms with van der Waals surface area (Å²) in [4.78, 5) is 39.0. The Morgan fingerprint density at radius 2 is 2.11 bits per heavy atom. The molecular weight excluding hydrogens is 248 g/mol. The standard InChI is InChI=1S/C13H16N2O4/c1-8-6-15(7-9(8)13(18)19-2)12(17)10-4-3-5-11(16)14-10/h3-5,8-9H,6-7H2,1-2H3,(H,14,16). The number of aromatic amines is 1. The Kier molecular flexibility index (Phi) is 3.69. The van der Waals surface area contributed by atoms with Gasteiger partial charge in [-0.2, -0.15) is 0 Å². The van der Waals surface area contributed by atoms with Gasteiger partial charge in [-0.15, -0.1) is 0 Å². The van der Waals surface area contributed by atoms with Crippen molar-refractivity contribution in [3.63, 3.8) is 0 Å². The molecule has 0 spiro atoms. The summed E-state index contributed by atoms with van der Waals surface area (Å²) < 4.78 is 4.72. The molecule has 0 aromatic carbocycles. The van der Waals surface area contributed by atoms with E-state index in [1.165, 1.54) is 19.2 Å². The lowest BCUT2D eigenvalue weighted by Crippen LogP contribution is -2.31. The third kappa shape index (κ3) is 2.67. The number of hydrogen-bond acceptors (Lipinski definition) is 4. The van der Waals surface area contributed by atoms with E-state index in [0.717, 1.165) is 0 Å². The zero-order valence-corrected chi connectivity index (χ0v) is 10.9. The number of amides is 1. The second-order valence-corrected chi connectivity index (χ2v) is 4.75. The topological polar surface area (TPSA) is 79.5 Å². The first-order valence-corrected chi connectivity index (χ1v) is 6.09. The Hall–Kier alpha value is -2.11. The lowest BCUT2D eigenvalue weighted by atomic mass is 9.99. The quantitative estimate of drug-likeness (QED) is 0.777. The van der Waals surface area contributed by atoms with Crippen molar-refractivity contribution in [2.45, 2.75) is 6.92 Å². The van der Waals surface area contributed by atoms with Crippen molar-refractivity contribution in [2.75, 3.05) is 20.2 Å². The van der Waals surface area contributed by atoms with E-state index >= 15 is 0 Å². The lowest BCUT2D eigenvalue weighted by Gasteiger charge is -2.15. The van der Waals surface area contributed by atoms with E-state index in [1.54, 1.807) is 11.0 Å². The third-order valence-corrected chi connectivity index (χ3v) is 3.40. The Balaban J connectivity index is 2.14. The van der Waals surface area contributed by atoms with Crippen molar-refractivity contribution in [2.24, 2.45) is 11.8 Å². The van der Waals surface area contributed by atoms with Gasteiger partial charge in [-0.3, -0.25) is 14.4 Å². The van der Waals surface area contributed by atoms with E-state index in [2.05, 4.69) is 4.98 Å². The van der Waals surface area contributed by atoms with Crippen LogP contribution in [0.5, 0.6) is 0 Å². The molecule has 19 heavy (non-hydrogen) atoms. The van der Waals surface area contributed by atoms with Crippen molar-refractivity contribution in [1.29, 1.82) is 0 Å². The molecule has 1 amide bonds. The lowest BCUT2D eigenvalue weighted by molar-refractivity contribution is -0.146. The highest BCUT2D eigenvalue weighted by Gasteiger charge is 2.38. The van der Waals surface area contributed by atoms with E-state index in [9.17, 15) is 14.4 Å². The minimum Gasteiger partial charge on any atom is -0.469 e. The van der Waals surface area contributed by atoms with Crippen LogP contribution in [0.1, 0.15) is 17.4 Å². The molecule has 6 heteroatoms. The number of nitrogens with one attached hydrogen (secondary N) is 1. The maximum atomic E-state index is 12.2. The normalized spacial score (nSPS) is 22.3. The number of carbonyl (C=O) groups is 2. The number of methoxy groups -OCH3 is 1. The average molecular weight is 264 g/mol. The highest BCUT2D eigenvalue weighted by atomic mass is 16.5. The fourth-order valence-corrected chi connectivity index (χ4v) is 2.33. The van der Waals surface area contributed by atoms with Crippen LogP contribution in [-0.4, -0.2) is 42.0 Å². The van der Waals surface area contributed by atoms with Crippen LogP contribution in [0.3, 0.4) is 0 Å². The van der Waals surface area contributed by atoms with Gasteiger partial charge in [0.25, 0.3) is 5.91 Å². The minimum absolute atomic E-state index is 0.0480.